The molecule has 3 aromatic rings. The van der Waals surface area contributed by atoms with E-state index in [-0.39, 0.29) is 34.8 Å². The van der Waals surface area contributed by atoms with Gasteiger partial charge in [0.2, 0.25) is 5.90 Å². The van der Waals surface area contributed by atoms with Gasteiger partial charge in [-0.2, -0.15) is 5.90 Å². The fourth-order valence-electron chi connectivity index (χ4n) is 2.73. The molecule has 0 fully saturated rings. The molecule has 0 aliphatic rings. The monoisotopic (exact) mass is 488 g/mol. The first-order valence-electron chi connectivity index (χ1n) is 8.78. The number of nitrogens with one attached hydrogen (secondary N) is 2. The molecule has 4 N–H and O–H groups in total. The molecule has 158 valence electrons. The summed E-state index contributed by atoms with van der Waals surface area (Å²) >= 11 is 3.22. The lowest BCUT2D eigenvalue weighted by Gasteiger charge is -2.11. The molecule has 1 heterocycles. The zero-order valence-electron chi connectivity index (χ0n) is 15.8. The van der Waals surface area contributed by atoms with Gasteiger partial charge in [0.15, 0.2) is 17.4 Å². The van der Waals surface area contributed by atoms with E-state index in [0.717, 1.165) is 12.1 Å². The summed E-state index contributed by atoms with van der Waals surface area (Å²) in [7, 11) is 0. The van der Waals surface area contributed by atoms with Crippen LogP contribution in [-0.4, -0.2) is 22.6 Å². The predicted molar refractivity (Wildman–Crippen MR) is 113 cm³/mol. The molecule has 0 saturated carbocycles. The van der Waals surface area contributed by atoms with E-state index >= 15 is 0 Å². The molecule has 7 nitrogen and oxygen atoms in total. The van der Waals surface area contributed by atoms with Crippen molar-refractivity contribution in [3.8, 4) is 0 Å². The van der Waals surface area contributed by atoms with Crippen molar-refractivity contribution in [2.24, 2.45) is 5.90 Å². The van der Waals surface area contributed by atoms with Crippen LogP contribution in [0.3, 0.4) is 0 Å². The van der Waals surface area contributed by atoms with Crippen molar-refractivity contribution in [2.45, 2.75) is 6.42 Å². The molecule has 1 amide bonds. The molecule has 0 radical (unpaired) electrons. The smallest absolute Gasteiger partial charge is 0.257 e. The average molecular weight is 489 g/mol. The number of Topliss-reactive ketones (excluding diaryl/α,β-unsaturated/α-hetero) is 1. The average Bonchev–Trinajstić information content (AvgIpc) is 2.77. The van der Waals surface area contributed by atoms with Crippen LogP contribution in [-0.2, 0) is 11.3 Å². The zero-order chi connectivity index (χ0) is 22.5. The van der Waals surface area contributed by atoms with Crippen molar-refractivity contribution in [3.63, 3.8) is 0 Å². The minimum atomic E-state index is -1.21. The SMILES string of the molecule is N=C(ON)c1ccc(C(=O)Cc2cc(F)c(F)cc2C(=O)Nc2ccc(Br)cn2)cc1. The topological polar surface area (TPSA) is 118 Å². The van der Waals surface area contributed by atoms with Crippen LogP contribution in [0.5, 0.6) is 0 Å². The number of hydrogen-bond acceptors (Lipinski definition) is 6. The number of carbonyl (C=O) groups is 2. The van der Waals surface area contributed by atoms with Gasteiger partial charge in [0.1, 0.15) is 5.82 Å². The molecule has 0 unspecified atom stereocenters. The number of benzene rings is 2. The number of rotatable bonds is 6. The fourth-order valence-corrected chi connectivity index (χ4v) is 2.96. The Morgan fingerprint density at radius 1 is 1.06 bits per heavy atom. The van der Waals surface area contributed by atoms with Gasteiger partial charge in [-0.25, -0.2) is 13.8 Å². The zero-order valence-corrected chi connectivity index (χ0v) is 17.4. The lowest BCUT2D eigenvalue weighted by Crippen LogP contribution is -2.18. The maximum absolute atomic E-state index is 13.8. The lowest BCUT2D eigenvalue weighted by atomic mass is 9.97. The minimum absolute atomic E-state index is 0.0145. The van der Waals surface area contributed by atoms with Crippen molar-refractivity contribution in [1.82, 2.24) is 4.98 Å². The highest BCUT2D eigenvalue weighted by atomic mass is 79.9. The molecule has 3 rings (SSSR count). The number of nitrogens with two attached hydrogens (primary N) is 1. The van der Waals surface area contributed by atoms with Crippen LogP contribution in [0.25, 0.3) is 0 Å². The molecule has 0 bridgehead atoms. The number of amides is 1. The standard InChI is InChI=1S/C21H15BrF2N4O3/c22-14-5-6-19(27-10-14)28-21(30)15-9-17(24)16(23)7-13(15)8-18(29)11-1-3-12(4-2-11)20(25)31-26/h1-7,9-10,25H,8,26H2,(H,27,28,30). The second-order valence-corrected chi connectivity index (χ2v) is 7.28. The largest absolute Gasteiger partial charge is 0.391 e. The number of hydrogen-bond donors (Lipinski definition) is 3. The van der Waals surface area contributed by atoms with Gasteiger partial charge in [-0.05, 0) is 57.9 Å². The van der Waals surface area contributed by atoms with Gasteiger partial charge in [-0.15, -0.1) is 0 Å². The van der Waals surface area contributed by atoms with Gasteiger partial charge < -0.3 is 10.2 Å². The summed E-state index contributed by atoms with van der Waals surface area (Å²) < 4.78 is 28.4. The van der Waals surface area contributed by atoms with Gasteiger partial charge in [-0.3, -0.25) is 15.0 Å². The van der Waals surface area contributed by atoms with E-state index in [4.69, 9.17) is 11.3 Å². The quantitative estimate of drug-likeness (QED) is 0.209. The molecule has 0 atom stereocenters. The first-order valence-corrected chi connectivity index (χ1v) is 9.57. The molecule has 10 heteroatoms. The third-order valence-corrected chi connectivity index (χ3v) is 4.77. The van der Waals surface area contributed by atoms with Crippen molar-refractivity contribution >= 4 is 39.3 Å². The number of halogens is 3. The molecule has 2 aromatic carbocycles. The molecule has 31 heavy (non-hydrogen) atoms. The maximum atomic E-state index is 13.8. The Bertz CT molecular complexity index is 1150. The number of aromatic nitrogens is 1. The Hall–Kier alpha value is -3.50. The van der Waals surface area contributed by atoms with Crippen molar-refractivity contribution in [3.05, 3.63) is 93.1 Å². The Morgan fingerprint density at radius 2 is 1.71 bits per heavy atom. The van der Waals surface area contributed by atoms with Crippen LogP contribution in [0.15, 0.2) is 59.2 Å². The van der Waals surface area contributed by atoms with Crippen molar-refractivity contribution in [1.29, 1.82) is 5.41 Å². The van der Waals surface area contributed by atoms with E-state index in [1.165, 1.54) is 36.5 Å². The van der Waals surface area contributed by atoms with E-state index in [1.807, 2.05) is 0 Å². The summed E-state index contributed by atoms with van der Waals surface area (Å²) in [6, 6.07) is 10.5. The van der Waals surface area contributed by atoms with E-state index in [0.29, 0.717) is 10.0 Å². The highest BCUT2D eigenvalue weighted by Gasteiger charge is 2.19. The Kier molecular flexibility index (Phi) is 6.83. The highest BCUT2D eigenvalue weighted by molar-refractivity contribution is 9.10. The summed E-state index contributed by atoms with van der Waals surface area (Å²) in [6.07, 6.45) is 1.11. The molecule has 0 aliphatic carbocycles. The van der Waals surface area contributed by atoms with Gasteiger partial charge in [0.05, 0.1) is 0 Å². The summed E-state index contributed by atoms with van der Waals surface area (Å²) in [5, 5.41) is 9.99. The van der Waals surface area contributed by atoms with Crippen LogP contribution >= 0.6 is 15.9 Å². The first kappa shape index (κ1) is 22.2. The Balaban J connectivity index is 1.85. The second kappa shape index (κ2) is 9.54. The summed E-state index contributed by atoms with van der Waals surface area (Å²) in [4.78, 5) is 33.6. The van der Waals surface area contributed by atoms with Crippen molar-refractivity contribution in [2.75, 3.05) is 5.32 Å². The molecular weight excluding hydrogens is 474 g/mol. The normalized spacial score (nSPS) is 10.5. The number of nitrogens with zero attached hydrogens (tertiary/aromatic N) is 1. The second-order valence-electron chi connectivity index (χ2n) is 6.36. The third-order valence-electron chi connectivity index (χ3n) is 4.30. The van der Waals surface area contributed by atoms with E-state index in [2.05, 4.69) is 31.1 Å². The summed E-state index contributed by atoms with van der Waals surface area (Å²) in [6.45, 7) is 0. The fraction of sp³-hybridized carbons (Fsp3) is 0.0476. The Labute approximate surface area is 183 Å². The van der Waals surface area contributed by atoms with Crippen LogP contribution in [0.2, 0.25) is 0 Å². The van der Waals surface area contributed by atoms with E-state index in [1.54, 1.807) is 6.07 Å². The Morgan fingerprint density at radius 3 is 2.32 bits per heavy atom. The minimum Gasteiger partial charge on any atom is -0.391 e. The van der Waals surface area contributed by atoms with E-state index in [9.17, 15) is 18.4 Å². The van der Waals surface area contributed by atoms with Gasteiger partial charge >= 0.3 is 0 Å². The van der Waals surface area contributed by atoms with Crippen molar-refractivity contribution < 1.29 is 23.2 Å². The third kappa shape index (κ3) is 5.36. The van der Waals surface area contributed by atoms with Crippen LogP contribution in [0.4, 0.5) is 14.6 Å². The predicted octanol–water partition coefficient (Wildman–Crippen LogP) is 4.02. The molecule has 0 saturated heterocycles. The summed E-state index contributed by atoms with van der Waals surface area (Å²) in [5.41, 5.74) is 0.431. The van der Waals surface area contributed by atoms with Crippen LogP contribution < -0.4 is 11.2 Å². The molecular formula is C21H15BrF2N4O3. The van der Waals surface area contributed by atoms with Crippen LogP contribution in [0.1, 0.15) is 31.8 Å². The summed E-state index contributed by atoms with van der Waals surface area (Å²) in [5.74, 6) is 1.30. The number of anilines is 1. The van der Waals surface area contributed by atoms with Gasteiger partial charge in [0, 0.05) is 33.8 Å². The number of ketones is 1. The van der Waals surface area contributed by atoms with Crippen LogP contribution in [0, 0.1) is 17.0 Å². The molecule has 1 aromatic heterocycles. The number of carbonyl (C=O) groups excluding carboxylic acids is 2. The van der Waals surface area contributed by atoms with E-state index < -0.39 is 23.3 Å². The van der Waals surface area contributed by atoms with Gasteiger partial charge in [-0.1, -0.05) is 12.1 Å². The lowest BCUT2D eigenvalue weighted by molar-refractivity contribution is 0.0992. The first-order chi connectivity index (χ1) is 14.8. The molecule has 0 aliphatic heterocycles. The van der Waals surface area contributed by atoms with Gasteiger partial charge in [0.25, 0.3) is 5.91 Å². The molecule has 0 spiro atoms. The maximum Gasteiger partial charge on any atom is 0.257 e. The highest BCUT2D eigenvalue weighted by Crippen LogP contribution is 2.20. The number of pyridine rings is 1.